The molecule has 1 heterocycles. The van der Waals surface area contributed by atoms with Crippen LogP contribution in [0.1, 0.15) is 25.7 Å². The van der Waals surface area contributed by atoms with E-state index >= 15 is 0 Å². The zero-order valence-corrected chi connectivity index (χ0v) is 7.90. The van der Waals surface area contributed by atoms with Crippen LogP contribution < -0.4 is 0 Å². The fourth-order valence-corrected chi connectivity index (χ4v) is 2.86. The van der Waals surface area contributed by atoms with Gasteiger partial charge in [0, 0.05) is 0 Å². The molecule has 3 heteroatoms. The maximum absolute atomic E-state index is 11.0. The molecule has 2 nitrogen and oxygen atoms in total. The van der Waals surface area contributed by atoms with Crippen LogP contribution in [-0.4, -0.2) is 21.6 Å². The summed E-state index contributed by atoms with van der Waals surface area (Å²) in [6.45, 7) is 3.61. The molecule has 0 amide bonds. The van der Waals surface area contributed by atoms with Crippen LogP contribution in [0.3, 0.4) is 0 Å². The van der Waals surface area contributed by atoms with Gasteiger partial charge in [0.1, 0.15) is 4.75 Å². The van der Waals surface area contributed by atoms with E-state index in [0.29, 0.717) is 0 Å². The molecule has 1 fully saturated rings. The number of carboxylic acids is 1. The molecule has 0 saturated carbocycles. The van der Waals surface area contributed by atoms with Crippen molar-refractivity contribution < 1.29 is 9.90 Å². The van der Waals surface area contributed by atoms with Gasteiger partial charge >= 0.3 is 5.97 Å². The number of carbonyl (C=O) groups is 1. The first kappa shape index (κ1) is 9.65. The second-order valence-corrected chi connectivity index (χ2v) is 4.56. The summed E-state index contributed by atoms with van der Waals surface area (Å²) in [4.78, 5) is 11.0. The van der Waals surface area contributed by atoms with Crippen molar-refractivity contribution in [3.8, 4) is 0 Å². The van der Waals surface area contributed by atoms with E-state index in [1.165, 1.54) is 0 Å². The molecule has 1 aliphatic rings. The maximum atomic E-state index is 11.0. The summed E-state index contributed by atoms with van der Waals surface area (Å²) in [5.74, 6) is 0.343. The van der Waals surface area contributed by atoms with Gasteiger partial charge in [-0.3, -0.25) is 4.79 Å². The first-order valence-corrected chi connectivity index (χ1v) is 5.18. The number of rotatable bonds is 4. The molecule has 0 bridgehead atoms. The maximum Gasteiger partial charge on any atom is 0.319 e. The average Bonchev–Trinajstić information content (AvgIpc) is 2.50. The van der Waals surface area contributed by atoms with Crippen LogP contribution in [-0.2, 0) is 4.79 Å². The highest BCUT2D eigenvalue weighted by atomic mass is 32.2. The molecule has 0 aromatic heterocycles. The van der Waals surface area contributed by atoms with Gasteiger partial charge in [-0.25, -0.2) is 0 Å². The van der Waals surface area contributed by atoms with E-state index in [1.54, 1.807) is 17.8 Å². The molecule has 1 N–H and O–H groups in total. The van der Waals surface area contributed by atoms with E-state index < -0.39 is 10.7 Å². The Kier molecular flexibility index (Phi) is 3.20. The molecule has 1 atom stereocenters. The molecule has 0 aromatic carbocycles. The van der Waals surface area contributed by atoms with Gasteiger partial charge < -0.3 is 5.11 Å². The second-order valence-electron chi connectivity index (χ2n) is 3.08. The van der Waals surface area contributed by atoms with Crippen LogP contribution in [0.25, 0.3) is 0 Å². The summed E-state index contributed by atoms with van der Waals surface area (Å²) >= 11 is 1.59. The standard InChI is InChI=1S/C9H14O2S/c1-2-3-5-9(8(10)11)6-4-7-12-9/h2H,1,3-7H2,(H,10,11). The Morgan fingerprint density at radius 1 is 1.75 bits per heavy atom. The minimum atomic E-state index is -0.646. The monoisotopic (exact) mass is 186 g/mol. The van der Waals surface area contributed by atoms with Gasteiger partial charge in [-0.05, 0) is 31.4 Å². The molecule has 0 radical (unpaired) electrons. The normalized spacial score (nSPS) is 28.7. The summed E-state index contributed by atoms with van der Waals surface area (Å²) < 4.78 is -0.492. The number of hydrogen-bond donors (Lipinski definition) is 1. The Morgan fingerprint density at radius 3 is 2.92 bits per heavy atom. The fraction of sp³-hybridized carbons (Fsp3) is 0.667. The summed E-state index contributed by atoms with van der Waals surface area (Å²) in [5, 5.41) is 9.04. The lowest BCUT2D eigenvalue weighted by atomic mass is 9.97. The van der Waals surface area contributed by atoms with Crippen molar-refractivity contribution in [3.63, 3.8) is 0 Å². The molecule has 68 valence electrons. The molecule has 1 saturated heterocycles. The molecule has 0 spiro atoms. The van der Waals surface area contributed by atoms with Gasteiger partial charge in [-0.1, -0.05) is 6.08 Å². The van der Waals surface area contributed by atoms with Gasteiger partial charge in [0.05, 0.1) is 0 Å². The predicted molar refractivity (Wildman–Crippen MR) is 51.5 cm³/mol. The van der Waals surface area contributed by atoms with E-state index in [1.807, 2.05) is 0 Å². The Hall–Kier alpha value is -0.440. The lowest BCUT2D eigenvalue weighted by molar-refractivity contribution is -0.140. The van der Waals surface area contributed by atoms with Gasteiger partial charge in [0.2, 0.25) is 0 Å². The quantitative estimate of drug-likeness (QED) is 0.684. The van der Waals surface area contributed by atoms with Crippen molar-refractivity contribution in [2.24, 2.45) is 0 Å². The average molecular weight is 186 g/mol. The second kappa shape index (κ2) is 3.99. The van der Waals surface area contributed by atoms with Crippen LogP contribution in [0.2, 0.25) is 0 Å². The summed E-state index contributed by atoms with van der Waals surface area (Å²) in [6.07, 6.45) is 5.19. The molecule has 0 aromatic rings. The number of allylic oxidation sites excluding steroid dienone is 1. The first-order valence-electron chi connectivity index (χ1n) is 4.19. The predicted octanol–water partition coefficient (Wildman–Crippen LogP) is 2.30. The molecule has 0 aliphatic carbocycles. The summed E-state index contributed by atoms with van der Waals surface area (Å²) in [6, 6.07) is 0. The number of carboxylic acid groups (broad SMARTS) is 1. The Labute approximate surface area is 77.0 Å². The fourth-order valence-electron chi connectivity index (χ4n) is 1.51. The minimum Gasteiger partial charge on any atom is -0.480 e. The van der Waals surface area contributed by atoms with Crippen LogP contribution in [0.4, 0.5) is 0 Å². The third-order valence-corrected chi connectivity index (χ3v) is 3.87. The lowest BCUT2D eigenvalue weighted by Crippen LogP contribution is -2.31. The lowest BCUT2D eigenvalue weighted by Gasteiger charge is -2.21. The zero-order valence-electron chi connectivity index (χ0n) is 7.08. The smallest absolute Gasteiger partial charge is 0.319 e. The zero-order chi connectivity index (χ0) is 9.03. The topological polar surface area (TPSA) is 37.3 Å². The first-order chi connectivity index (χ1) is 5.71. The van der Waals surface area contributed by atoms with E-state index in [-0.39, 0.29) is 0 Å². The van der Waals surface area contributed by atoms with Crippen molar-refractivity contribution in [3.05, 3.63) is 12.7 Å². The third-order valence-electron chi connectivity index (χ3n) is 2.25. The van der Waals surface area contributed by atoms with Gasteiger partial charge in [-0.2, -0.15) is 0 Å². The molecule has 1 aliphatic heterocycles. The molecule has 12 heavy (non-hydrogen) atoms. The van der Waals surface area contributed by atoms with Crippen LogP contribution >= 0.6 is 11.8 Å². The van der Waals surface area contributed by atoms with Crippen molar-refractivity contribution in [2.45, 2.75) is 30.4 Å². The Bertz CT molecular complexity index is 183. The highest BCUT2D eigenvalue weighted by molar-refractivity contribution is 8.01. The van der Waals surface area contributed by atoms with Crippen molar-refractivity contribution in [2.75, 3.05) is 5.75 Å². The molecule has 1 rings (SSSR count). The largest absolute Gasteiger partial charge is 0.480 e. The van der Waals surface area contributed by atoms with E-state index in [9.17, 15) is 4.79 Å². The Morgan fingerprint density at radius 2 is 2.50 bits per heavy atom. The molecule has 1 unspecified atom stereocenters. The summed E-state index contributed by atoms with van der Waals surface area (Å²) in [5.41, 5.74) is 0. The molecular weight excluding hydrogens is 172 g/mol. The number of hydrogen-bond acceptors (Lipinski definition) is 2. The van der Waals surface area contributed by atoms with Crippen LogP contribution in [0, 0.1) is 0 Å². The van der Waals surface area contributed by atoms with Crippen molar-refractivity contribution in [1.82, 2.24) is 0 Å². The number of aliphatic carboxylic acids is 1. The minimum absolute atomic E-state index is 0.492. The number of thioether (sulfide) groups is 1. The van der Waals surface area contributed by atoms with E-state index in [2.05, 4.69) is 6.58 Å². The van der Waals surface area contributed by atoms with E-state index in [0.717, 1.165) is 31.4 Å². The van der Waals surface area contributed by atoms with Crippen molar-refractivity contribution >= 4 is 17.7 Å². The SMILES string of the molecule is C=CCCC1(C(=O)O)CCCS1. The van der Waals surface area contributed by atoms with E-state index in [4.69, 9.17) is 5.11 Å². The van der Waals surface area contributed by atoms with Gasteiger partial charge in [0.15, 0.2) is 0 Å². The summed E-state index contributed by atoms with van der Waals surface area (Å²) in [7, 11) is 0. The van der Waals surface area contributed by atoms with Crippen LogP contribution in [0.15, 0.2) is 12.7 Å². The molecular formula is C9H14O2S. The highest BCUT2D eigenvalue weighted by Crippen LogP contribution is 2.41. The third kappa shape index (κ3) is 1.83. The van der Waals surface area contributed by atoms with Gasteiger partial charge in [-0.15, -0.1) is 18.3 Å². The Balaban J connectivity index is 2.58. The van der Waals surface area contributed by atoms with Crippen molar-refractivity contribution in [1.29, 1.82) is 0 Å². The highest BCUT2D eigenvalue weighted by Gasteiger charge is 2.41. The van der Waals surface area contributed by atoms with Gasteiger partial charge in [0.25, 0.3) is 0 Å². The van der Waals surface area contributed by atoms with Crippen LogP contribution in [0.5, 0.6) is 0 Å².